The fourth-order valence-corrected chi connectivity index (χ4v) is 1.32. The maximum Gasteiger partial charge on any atom is 0.276 e. The molecule has 0 spiro atoms. The molecule has 0 aliphatic carbocycles. The van der Waals surface area contributed by atoms with Crippen LogP contribution in [0.4, 0.5) is 14.7 Å². The van der Waals surface area contributed by atoms with Gasteiger partial charge in [-0.3, -0.25) is 15.6 Å². The number of nitrogens with one attached hydrogen (secondary N) is 2. The van der Waals surface area contributed by atoms with Crippen LogP contribution in [0.2, 0.25) is 0 Å². The number of nitrogens with zero attached hydrogens (tertiary/aromatic N) is 2. The Bertz CT molecular complexity index is 584. The molecular weight excluding hydrogens is 258 g/mol. The number of rotatable bonds is 3. The number of benzene rings is 1. The van der Waals surface area contributed by atoms with E-state index in [9.17, 15) is 18.7 Å². The van der Waals surface area contributed by atoms with Gasteiger partial charge in [-0.2, -0.15) is 0 Å². The largest absolute Gasteiger partial charge is 0.507 e. The molecule has 1 amide bonds. The summed E-state index contributed by atoms with van der Waals surface area (Å²) in [6.07, 6.45) is 2.86. The number of aromatic nitrogens is 2. The molecule has 0 saturated carbocycles. The highest BCUT2D eigenvalue weighted by Crippen LogP contribution is 2.21. The van der Waals surface area contributed by atoms with Gasteiger partial charge in [-0.25, -0.2) is 18.7 Å². The van der Waals surface area contributed by atoms with Gasteiger partial charge in [0.1, 0.15) is 22.9 Å². The van der Waals surface area contributed by atoms with Crippen molar-refractivity contribution in [2.45, 2.75) is 0 Å². The number of phenols is 1. The standard InChI is InChI=1S/C11H8F2N4O2/c12-6-4-7(13)9(8(18)5-6)10(19)16-17-11-14-2-1-3-15-11/h1-5,18H,(H,16,19)(H,14,15,17). The van der Waals surface area contributed by atoms with E-state index in [1.165, 1.54) is 12.4 Å². The van der Waals surface area contributed by atoms with E-state index in [0.717, 1.165) is 0 Å². The van der Waals surface area contributed by atoms with Crippen LogP contribution in [0, 0.1) is 11.6 Å². The van der Waals surface area contributed by atoms with Crippen LogP contribution in [0.25, 0.3) is 0 Å². The van der Waals surface area contributed by atoms with Crippen LogP contribution >= 0.6 is 0 Å². The normalized spacial score (nSPS) is 10.0. The fraction of sp³-hybridized carbons (Fsp3) is 0. The van der Waals surface area contributed by atoms with Crippen molar-refractivity contribution in [3.8, 4) is 5.75 Å². The van der Waals surface area contributed by atoms with E-state index in [1.807, 2.05) is 0 Å². The van der Waals surface area contributed by atoms with Gasteiger partial charge in [-0.05, 0) is 6.07 Å². The van der Waals surface area contributed by atoms with Crippen LogP contribution in [0.15, 0.2) is 30.6 Å². The Balaban J connectivity index is 2.13. The van der Waals surface area contributed by atoms with E-state index in [0.29, 0.717) is 12.1 Å². The molecule has 1 heterocycles. The van der Waals surface area contributed by atoms with Crippen molar-refractivity contribution < 1.29 is 18.7 Å². The van der Waals surface area contributed by atoms with Gasteiger partial charge in [0.15, 0.2) is 0 Å². The molecule has 0 bridgehead atoms. The smallest absolute Gasteiger partial charge is 0.276 e. The minimum Gasteiger partial charge on any atom is -0.507 e. The first kappa shape index (κ1) is 12.7. The topological polar surface area (TPSA) is 87.1 Å². The Kier molecular flexibility index (Phi) is 3.51. The van der Waals surface area contributed by atoms with E-state index in [1.54, 1.807) is 6.07 Å². The van der Waals surface area contributed by atoms with Crippen molar-refractivity contribution in [2.75, 3.05) is 5.43 Å². The van der Waals surface area contributed by atoms with E-state index < -0.39 is 28.9 Å². The van der Waals surface area contributed by atoms with Gasteiger partial charge in [0.05, 0.1) is 0 Å². The summed E-state index contributed by atoms with van der Waals surface area (Å²) in [7, 11) is 0. The zero-order chi connectivity index (χ0) is 13.8. The lowest BCUT2D eigenvalue weighted by atomic mass is 10.1. The summed E-state index contributed by atoms with van der Waals surface area (Å²) in [6.45, 7) is 0. The highest BCUT2D eigenvalue weighted by Gasteiger charge is 2.18. The van der Waals surface area contributed by atoms with E-state index in [-0.39, 0.29) is 5.95 Å². The van der Waals surface area contributed by atoms with Gasteiger partial charge in [0.25, 0.3) is 5.91 Å². The molecule has 0 saturated heterocycles. The second-order valence-electron chi connectivity index (χ2n) is 3.43. The first-order valence-corrected chi connectivity index (χ1v) is 5.09. The number of hydrogen-bond acceptors (Lipinski definition) is 5. The summed E-state index contributed by atoms with van der Waals surface area (Å²) in [4.78, 5) is 19.1. The lowest BCUT2D eigenvalue weighted by molar-refractivity contribution is 0.0955. The first-order valence-electron chi connectivity index (χ1n) is 5.09. The number of hydrogen-bond donors (Lipinski definition) is 3. The Hall–Kier alpha value is -2.77. The van der Waals surface area contributed by atoms with Crippen molar-refractivity contribution in [1.29, 1.82) is 0 Å². The van der Waals surface area contributed by atoms with Crippen LogP contribution in [0.1, 0.15) is 10.4 Å². The lowest BCUT2D eigenvalue weighted by Crippen LogP contribution is -2.31. The molecule has 1 aromatic carbocycles. The summed E-state index contributed by atoms with van der Waals surface area (Å²) >= 11 is 0. The Morgan fingerprint density at radius 3 is 2.53 bits per heavy atom. The summed E-state index contributed by atoms with van der Waals surface area (Å²) in [6, 6.07) is 2.70. The Labute approximate surface area is 106 Å². The number of carbonyl (C=O) groups is 1. The third-order valence-electron chi connectivity index (χ3n) is 2.11. The SMILES string of the molecule is O=C(NNc1ncccn1)c1c(O)cc(F)cc1F. The molecule has 0 unspecified atom stereocenters. The second-order valence-corrected chi connectivity index (χ2v) is 3.43. The van der Waals surface area contributed by atoms with Crippen LogP contribution in [0.5, 0.6) is 5.75 Å². The van der Waals surface area contributed by atoms with Crippen molar-refractivity contribution in [1.82, 2.24) is 15.4 Å². The third kappa shape index (κ3) is 2.92. The highest BCUT2D eigenvalue weighted by molar-refractivity contribution is 5.97. The average molecular weight is 266 g/mol. The molecule has 0 radical (unpaired) electrons. The van der Waals surface area contributed by atoms with Crippen LogP contribution < -0.4 is 10.9 Å². The first-order chi connectivity index (χ1) is 9.08. The quantitative estimate of drug-likeness (QED) is 0.727. The fourth-order valence-electron chi connectivity index (χ4n) is 1.32. The van der Waals surface area contributed by atoms with Crippen molar-refractivity contribution >= 4 is 11.9 Å². The molecule has 2 aromatic rings. The predicted molar refractivity (Wildman–Crippen MR) is 61.1 cm³/mol. The van der Waals surface area contributed by atoms with Crippen LogP contribution in [-0.2, 0) is 0 Å². The molecule has 98 valence electrons. The molecular formula is C11H8F2N4O2. The number of anilines is 1. The lowest BCUT2D eigenvalue weighted by Gasteiger charge is -2.08. The molecule has 19 heavy (non-hydrogen) atoms. The number of carbonyl (C=O) groups excluding carboxylic acids is 1. The molecule has 2 rings (SSSR count). The minimum absolute atomic E-state index is 0.0814. The summed E-state index contributed by atoms with van der Waals surface area (Å²) in [5.74, 6) is -3.86. The van der Waals surface area contributed by atoms with E-state index >= 15 is 0 Å². The Morgan fingerprint density at radius 1 is 1.21 bits per heavy atom. The highest BCUT2D eigenvalue weighted by atomic mass is 19.1. The molecule has 8 heteroatoms. The average Bonchev–Trinajstić information content (AvgIpc) is 2.36. The molecule has 0 aliphatic heterocycles. The van der Waals surface area contributed by atoms with Crippen molar-refractivity contribution in [3.63, 3.8) is 0 Å². The Morgan fingerprint density at radius 2 is 1.89 bits per heavy atom. The zero-order valence-corrected chi connectivity index (χ0v) is 9.39. The maximum atomic E-state index is 13.4. The number of halogens is 2. The molecule has 0 fully saturated rings. The second kappa shape index (κ2) is 5.25. The number of amides is 1. The van der Waals surface area contributed by atoms with Crippen LogP contribution in [0.3, 0.4) is 0 Å². The number of hydrazine groups is 1. The maximum absolute atomic E-state index is 13.4. The van der Waals surface area contributed by atoms with Gasteiger partial charge < -0.3 is 5.11 Å². The zero-order valence-electron chi connectivity index (χ0n) is 9.39. The van der Waals surface area contributed by atoms with Gasteiger partial charge in [-0.1, -0.05) is 0 Å². The predicted octanol–water partition coefficient (Wildman–Crippen LogP) is 1.22. The van der Waals surface area contributed by atoms with Crippen molar-refractivity contribution in [2.24, 2.45) is 0 Å². The van der Waals surface area contributed by atoms with Gasteiger partial charge in [0, 0.05) is 24.5 Å². The molecule has 3 N–H and O–H groups in total. The van der Waals surface area contributed by atoms with E-state index in [4.69, 9.17) is 0 Å². The minimum atomic E-state index is -1.18. The van der Waals surface area contributed by atoms with E-state index in [2.05, 4.69) is 20.8 Å². The van der Waals surface area contributed by atoms with Gasteiger partial charge in [-0.15, -0.1) is 0 Å². The molecule has 1 aromatic heterocycles. The molecule has 0 aliphatic rings. The van der Waals surface area contributed by atoms with Crippen LogP contribution in [-0.4, -0.2) is 21.0 Å². The van der Waals surface area contributed by atoms with Gasteiger partial charge >= 0.3 is 0 Å². The monoisotopic (exact) mass is 266 g/mol. The third-order valence-corrected chi connectivity index (χ3v) is 2.11. The summed E-state index contributed by atoms with van der Waals surface area (Å²) in [5, 5.41) is 9.34. The summed E-state index contributed by atoms with van der Waals surface area (Å²) in [5.41, 5.74) is 3.72. The molecule has 6 nitrogen and oxygen atoms in total. The summed E-state index contributed by atoms with van der Waals surface area (Å²) < 4.78 is 26.1. The number of phenolic OH excluding ortho intramolecular Hbond substituents is 1. The van der Waals surface area contributed by atoms with Crippen molar-refractivity contribution in [3.05, 3.63) is 47.8 Å². The molecule has 0 atom stereocenters. The van der Waals surface area contributed by atoms with Gasteiger partial charge in [0.2, 0.25) is 5.95 Å². The number of aromatic hydroxyl groups is 1.